The second-order valence-corrected chi connectivity index (χ2v) is 6.73. The van der Waals surface area contributed by atoms with Gasteiger partial charge in [0.05, 0.1) is 0 Å². The van der Waals surface area contributed by atoms with Crippen LogP contribution in [0.4, 0.5) is 0 Å². The van der Waals surface area contributed by atoms with Crippen LogP contribution in [0, 0.1) is 23.7 Å². The number of benzene rings is 1. The smallest absolute Gasteiger partial charge is 0.000995 e. The average Bonchev–Trinajstić information content (AvgIpc) is 2.81. The molecule has 0 N–H and O–H groups in total. The van der Waals surface area contributed by atoms with E-state index in [1.54, 1.807) is 5.56 Å². The van der Waals surface area contributed by atoms with Gasteiger partial charge in [0.1, 0.15) is 0 Å². The Morgan fingerprint density at radius 1 is 1.06 bits per heavy atom. The fraction of sp³-hybridized carbons (Fsp3) is 0.647. The van der Waals surface area contributed by atoms with E-state index in [9.17, 15) is 0 Å². The molecule has 4 rings (SSSR count). The summed E-state index contributed by atoms with van der Waals surface area (Å²) >= 11 is 0. The maximum Gasteiger partial charge on any atom is -0.000995 e. The van der Waals surface area contributed by atoms with Crippen LogP contribution in [-0.4, -0.2) is 0 Å². The lowest BCUT2D eigenvalue weighted by Crippen LogP contribution is -2.24. The van der Waals surface area contributed by atoms with E-state index >= 15 is 0 Å². The molecule has 0 saturated heterocycles. The van der Waals surface area contributed by atoms with Crippen molar-refractivity contribution in [2.75, 3.05) is 0 Å². The average molecular weight is 226 g/mol. The fourth-order valence-electron chi connectivity index (χ4n) is 5.30. The van der Waals surface area contributed by atoms with E-state index in [0.29, 0.717) is 5.41 Å². The molecule has 90 valence electrons. The van der Waals surface area contributed by atoms with Crippen LogP contribution in [0.15, 0.2) is 30.3 Å². The van der Waals surface area contributed by atoms with Crippen LogP contribution in [0.2, 0.25) is 0 Å². The highest BCUT2D eigenvalue weighted by Gasteiger charge is 2.69. The van der Waals surface area contributed by atoms with Gasteiger partial charge in [0.25, 0.3) is 0 Å². The lowest BCUT2D eigenvalue weighted by atomic mass is 9.73. The summed E-state index contributed by atoms with van der Waals surface area (Å²) < 4.78 is 0. The highest BCUT2D eigenvalue weighted by atomic mass is 14.7. The first-order chi connectivity index (χ1) is 8.32. The molecule has 3 fully saturated rings. The van der Waals surface area contributed by atoms with Crippen molar-refractivity contribution in [2.45, 2.75) is 44.4 Å². The third-order valence-corrected chi connectivity index (χ3v) is 6.17. The molecule has 1 aromatic rings. The molecule has 5 atom stereocenters. The fourth-order valence-corrected chi connectivity index (χ4v) is 5.30. The Morgan fingerprint density at radius 3 is 2.65 bits per heavy atom. The molecule has 5 unspecified atom stereocenters. The zero-order chi connectivity index (χ0) is 11.5. The van der Waals surface area contributed by atoms with Crippen molar-refractivity contribution in [1.29, 1.82) is 0 Å². The summed E-state index contributed by atoms with van der Waals surface area (Å²) in [6, 6.07) is 11.3. The second kappa shape index (κ2) is 3.37. The van der Waals surface area contributed by atoms with Gasteiger partial charge >= 0.3 is 0 Å². The van der Waals surface area contributed by atoms with Gasteiger partial charge in [-0.15, -0.1) is 0 Å². The summed E-state index contributed by atoms with van der Waals surface area (Å²) in [5.41, 5.74) is 2.15. The maximum absolute atomic E-state index is 2.53. The van der Waals surface area contributed by atoms with Crippen molar-refractivity contribution in [3.8, 4) is 0 Å². The van der Waals surface area contributed by atoms with Crippen LogP contribution < -0.4 is 0 Å². The molecular formula is C17H22. The van der Waals surface area contributed by atoms with E-state index in [4.69, 9.17) is 0 Å². The second-order valence-electron chi connectivity index (χ2n) is 6.73. The molecule has 1 aromatic carbocycles. The number of rotatable bonds is 1. The van der Waals surface area contributed by atoms with Crippen LogP contribution in [-0.2, 0) is 5.41 Å². The predicted octanol–water partition coefficient (Wildman–Crippen LogP) is 4.40. The number of hydrogen-bond acceptors (Lipinski definition) is 0. The summed E-state index contributed by atoms with van der Waals surface area (Å²) in [5, 5.41) is 0. The van der Waals surface area contributed by atoms with Crippen LogP contribution in [0.25, 0.3) is 0 Å². The molecule has 0 spiro atoms. The Hall–Kier alpha value is -0.780. The van der Waals surface area contributed by atoms with Gasteiger partial charge in [-0.2, -0.15) is 0 Å². The topological polar surface area (TPSA) is 0 Å². The van der Waals surface area contributed by atoms with E-state index in [0.717, 1.165) is 23.7 Å². The number of hydrogen-bond donors (Lipinski definition) is 0. The molecule has 0 radical (unpaired) electrons. The standard InChI is InChI=1S/C17H22/c1-17(13-8-3-2-4-9-13)15-11-12-7-5-6-10-14(12)16(15)17/h2-4,8-9,12,14-16H,5-7,10-11H2,1H3. The molecule has 3 aliphatic carbocycles. The largest absolute Gasteiger partial charge is 0.0622 e. The zero-order valence-electron chi connectivity index (χ0n) is 10.7. The van der Waals surface area contributed by atoms with Gasteiger partial charge < -0.3 is 0 Å². The highest BCUT2D eigenvalue weighted by molar-refractivity contribution is 5.38. The summed E-state index contributed by atoms with van der Waals surface area (Å²) in [4.78, 5) is 0. The molecule has 0 heterocycles. The van der Waals surface area contributed by atoms with Crippen molar-refractivity contribution < 1.29 is 0 Å². The summed E-state index contributed by atoms with van der Waals surface area (Å²) in [5.74, 6) is 4.20. The van der Waals surface area contributed by atoms with Gasteiger partial charge in [-0.1, -0.05) is 56.5 Å². The Balaban J connectivity index is 1.64. The third kappa shape index (κ3) is 1.25. The minimum Gasteiger partial charge on any atom is -0.0622 e. The highest BCUT2D eigenvalue weighted by Crippen LogP contribution is 2.73. The first-order valence-corrected chi connectivity index (χ1v) is 7.37. The quantitative estimate of drug-likeness (QED) is 0.666. The van der Waals surface area contributed by atoms with Crippen LogP contribution in [0.3, 0.4) is 0 Å². The monoisotopic (exact) mass is 226 g/mol. The third-order valence-electron chi connectivity index (χ3n) is 6.17. The first-order valence-electron chi connectivity index (χ1n) is 7.37. The van der Waals surface area contributed by atoms with Gasteiger partial charge in [0.15, 0.2) is 0 Å². The van der Waals surface area contributed by atoms with Crippen molar-refractivity contribution in [1.82, 2.24) is 0 Å². The lowest BCUT2D eigenvalue weighted by Gasteiger charge is -2.32. The number of fused-ring (bicyclic) bond motifs is 3. The Labute approximate surface area is 104 Å². The van der Waals surface area contributed by atoms with Gasteiger partial charge in [0.2, 0.25) is 0 Å². The predicted molar refractivity (Wildman–Crippen MR) is 70.8 cm³/mol. The molecule has 0 nitrogen and oxygen atoms in total. The van der Waals surface area contributed by atoms with E-state index < -0.39 is 0 Å². The van der Waals surface area contributed by atoms with Crippen molar-refractivity contribution >= 4 is 0 Å². The van der Waals surface area contributed by atoms with E-state index in [1.165, 1.54) is 32.1 Å². The van der Waals surface area contributed by atoms with Gasteiger partial charge in [0, 0.05) is 0 Å². The van der Waals surface area contributed by atoms with E-state index in [1.807, 2.05) is 0 Å². The van der Waals surface area contributed by atoms with Crippen molar-refractivity contribution in [3.05, 3.63) is 35.9 Å². The Kier molecular flexibility index (Phi) is 2.02. The molecule has 0 amide bonds. The van der Waals surface area contributed by atoms with Crippen molar-refractivity contribution in [3.63, 3.8) is 0 Å². The zero-order valence-corrected chi connectivity index (χ0v) is 10.7. The SMILES string of the molecule is CC1(c2ccccc2)C2CC3CCCCC3C21. The Morgan fingerprint density at radius 2 is 1.82 bits per heavy atom. The molecule has 0 aliphatic heterocycles. The van der Waals surface area contributed by atoms with Crippen LogP contribution in [0.1, 0.15) is 44.6 Å². The summed E-state index contributed by atoms with van der Waals surface area (Å²) in [7, 11) is 0. The molecule has 17 heavy (non-hydrogen) atoms. The normalized spacial score (nSPS) is 47.4. The molecule has 0 bridgehead atoms. The Bertz CT molecular complexity index is 421. The molecule has 0 aromatic heterocycles. The molecule has 3 aliphatic rings. The van der Waals surface area contributed by atoms with Gasteiger partial charge in [-0.25, -0.2) is 0 Å². The summed E-state index contributed by atoms with van der Waals surface area (Å²) in [6.45, 7) is 2.53. The molecule has 3 saturated carbocycles. The van der Waals surface area contributed by atoms with Crippen LogP contribution in [0.5, 0.6) is 0 Å². The lowest BCUT2D eigenvalue weighted by molar-refractivity contribution is 0.217. The van der Waals surface area contributed by atoms with E-state index in [-0.39, 0.29) is 0 Å². The minimum atomic E-state index is 0.541. The summed E-state index contributed by atoms with van der Waals surface area (Å²) in [6.07, 6.45) is 7.58. The molecular weight excluding hydrogens is 204 g/mol. The van der Waals surface area contributed by atoms with Crippen molar-refractivity contribution in [2.24, 2.45) is 23.7 Å². The first kappa shape index (κ1) is 10.2. The van der Waals surface area contributed by atoms with Crippen LogP contribution >= 0.6 is 0 Å². The minimum absolute atomic E-state index is 0.541. The maximum atomic E-state index is 2.53. The van der Waals surface area contributed by atoms with E-state index in [2.05, 4.69) is 37.3 Å². The van der Waals surface area contributed by atoms with Gasteiger partial charge in [-0.05, 0) is 47.5 Å². The van der Waals surface area contributed by atoms with Gasteiger partial charge in [-0.3, -0.25) is 0 Å². The molecule has 0 heteroatoms.